The third kappa shape index (κ3) is 4.02. The third-order valence-corrected chi connectivity index (χ3v) is 6.68. The Morgan fingerprint density at radius 1 is 1.17 bits per heavy atom. The SMILES string of the molecule is COc1ccc(CCNc2ncnc3sc4c(c23)CCN(C(C)C)C4)cc1OC. The first-order valence-corrected chi connectivity index (χ1v) is 10.9. The van der Waals surface area contributed by atoms with Crippen molar-refractivity contribution in [2.45, 2.75) is 39.3 Å². The summed E-state index contributed by atoms with van der Waals surface area (Å²) in [4.78, 5) is 14.1. The van der Waals surface area contributed by atoms with Crippen LogP contribution in [0.25, 0.3) is 10.2 Å². The molecule has 1 aliphatic heterocycles. The highest BCUT2D eigenvalue weighted by Gasteiger charge is 2.24. The van der Waals surface area contributed by atoms with E-state index in [-0.39, 0.29) is 0 Å². The largest absolute Gasteiger partial charge is 0.493 e. The number of ether oxygens (including phenoxy) is 2. The van der Waals surface area contributed by atoms with Crippen molar-refractivity contribution in [2.24, 2.45) is 0 Å². The molecule has 3 heterocycles. The van der Waals surface area contributed by atoms with Crippen LogP contribution >= 0.6 is 11.3 Å². The summed E-state index contributed by atoms with van der Waals surface area (Å²) in [6, 6.07) is 6.63. The lowest BCUT2D eigenvalue weighted by molar-refractivity contribution is 0.206. The van der Waals surface area contributed by atoms with Crippen molar-refractivity contribution < 1.29 is 9.47 Å². The van der Waals surface area contributed by atoms with Crippen LogP contribution in [-0.4, -0.2) is 48.2 Å². The average Bonchev–Trinajstić information content (AvgIpc) is 3.12. The Balaban J connectivity index is 1.51. The van der Waals surface area contributed by atoms with Crippen molar-refractivity contribution in [3.63, 3.8) is 0 Å². The van der Waals surface area contributed by atoms with Gasteiger partial charge in [0.25, 0.3) is 0 Å². The second kappa shape index (κ2) is 8.55. The quantitative estimate of drug-likeness (QED) is 0.630. The number of anilines is 1. The van der Waals surface area contributed by atoms with Gasteiger partial charge in [0, 0.05) is 30.6 Å². The van der Waals surface area contributed by atoms with Gasteiger partial charge >= 0.3 is 0 Å². The van der Waals surface area contributed by atoms with E-state index < -0.39 is 0 Å². The van der Waals surface area contributed by atoms with Gasteiger partial charge in [-0.15, -0.1) is 11.3 Å². The van der Waals surface area contributed by atoms with Crippen molar-refractivity contribution in [1.82, 2.24) is 14.9 Å². The Morgan fingerprint density at radius 3 is 2.76 bits per heavy atom. The number of benzene rings is 1. The third-order valence-electron chi connectivity index (χ3n) is 5.55. The number of nitrogens with one attached hydrogen (secondary N) is 1. The molecule has 6 nitrogen and oxygen atoms in total. The monoisotopic (exact) mass is 412 g/mol. The summed E-state index contributed by atoms with van der Waals surface area (Å²) in [6.07, 6.45) is 3.60. The summed E-state index contributed by atoms with van der Waals surface area (Å²) in [7, 11) is 3.32. The van der Waals surface area contributed by atoms with Gasteiger partial charge in [-0.05, 0) is 49.9 Å². The summed E-state index contributed by atoms with van der Waals surface area (Å²) < 4.78 is 10.7. The van der Waals surface area contributed by atoms with Gasteiger partial charge in [-0.1, -0.05) is 6.07 Å². The summed E-state index contributed by atoms with van der Waals surface area (Å²) in [5.41, 5.74) is 2.62. The molecular weight excluding hydrogens is 384 g/mol. The number of hydrogen-bond donors (Lipinski definition) is 1. The summed E-state index contributed by atoms with van der Waals surface area (Å²) >= 11 is 1.81. The molecule has 0 spiro atoms. The second-order valence-electron chi connectivity index (χ2n) is 7.59. The molecule has 0 saturated heterocycles. The van der Waals surface area contributed by atoms with E-state index in [0.29, 0.717) is 6.04 Å². The van der Waals surface area contributed by atoms with Crippen LogP contribution in [0.1, 0.15) is 29.9 Å². The number of hydrogen-bond acceptors (Lipinski definition) is 7. The average molecular weight is 413 g/mol. The van der Waals surface area contributed by atoms with Crippen LogP contribution in [-0.2, 0) is 19.4 Å². The Labute approximate surface area is 175 Å². The summed E-state index contributed by atoms with van der Waals surface area (Å²) in [6.45, 7) is 7.43. The summed E-state index contributed by atoms with van der Waals surface area (Å²) in [5, 5.41) is 4.75. The van der Waals surface area contributed by atoms with E-state index in [1.165, 1.54) is 21.4 Å². The molecule has 0 unspecified atom stereocenters. The van der Waals surface area contributed by atoms with Crippen molar-refractivity contribution >= 4 is 27.4 Å². The smallest absolute Gasteiger partial charge is 0.160 e. The number of rotatable bonds is 7. The van der Waals surface area contributed by atoms with Crippen LogP contribution in [0.2, 0.25) is 0 Å². The van der Waals surface area contributed by atoms with E-state index in [9.17, 15) is 0 Å². The van der Waals surface area contributed by atoms with Gasteiger partial charge in [0.1, 0.15) is 17.0 Å². The van der Waals surface area contributed by atoms with Gasteiger partial charge in [0.15, 0.2) is 11.5 Å². The highest BCUT2D eigenvalue weighted by atomic mass is 32.1. The topological polar surface area (TPSA) is 59.5 Å². The number of aromatic nitrogens is 2. The van der Waals surface area contributed by atoms with Crippen molar-refractivity contribution in [1.29, 1.82) is 0 Å². The van der Waals surface area contributed by atoms with Crippen LogP contribution in [0.3, 0.4) is 0 Å². The molecule has 1 aromatic carbocycles. The Hall–Kier alpha value is -2.38. The molecule has 0 fully saturated rings. The highest BCUT2D eigenvalue weighted by molar-refractivity contribution is 7.19. The molecule has 1 aliphatic rings. The minimum Gasteiger partial charge on any atom is -0.493 e. The van der Waals surface area contributed by atoms with Gasteiger partial charge in [-0.25, -0.2) is 9.97 Å². The van der Waals surface area contributed by atoms with Crippen LogP contribution in [0.4, 0.5) is 5.82 Å². The molecule has 2 aromatic heterocycles. The lowest BCUT2D eigenvalue weighted by atomic mass is 10.0. The minimum atomic E-state index is 0.568. The van der Waals surface area contributed by atoms with E-state index in [4.69, 9.17) is 9.47 Å². The van der Waals surface area contributed by atoms with Crippen molar-refractivity contribution in [3.8, 4) is 11.5 Å². The zero-order valence-corrected chi connectivity index (χ0v) is 18.3. The van der Waals surface area contributed by atoms with E-state index in [0.717, 1.165) is 54.6 Å². The molecule has 3 aromatic rings. The number of fused-ring (bicyclic) bond motifs is 3. The molecule has 1 N–H and O–H groups in total. The van der Waals surface area contributed by atoms with Crippen LogP contribution in [0, 0.1) is 0 Å². The van der Waals surface area contributed by atoms with Gasteiger partial charge in [-0.3, -0.25) is 4.90 Å². The van der Waals surface area contributed by atoms with Gasteiger partial charge in [0.2, 0.25) is 0 Å². The molecule has 29 heavy (non-hydrogen) atoms. The second-order valence-corrected chi connectivity index (χ2v) is 8.67. The summed E-state index contributed by atoms with van der Waals surface area (Å²) in [5.74, 6) is 2.46. The van der Waals surface area contributed by atoms with E-state index >= 15 is 0 Å². The molecule has 0 saturated carbocycles. The standard InChI is InChI=1S/C22H28N4O2S/c1-14(2)26-10-8-16-19(12-26)29-22-20(16)21(24-13-25-22)23-9-7-15-5-6-17(27-3)18(11-15)28-4/h5-6,11,13-14H,7-10,12H2,1-4H3,(H,23,24,25). The van der Waals surface area contributed by atoms with E-state index in [1.54, 1.807) is 20.5 Å². The molecule has 0 bridgehead atoms. The maximum atomic E-state index is 5.41. The predicted molar refractivity (Wildman–Crippen MR) is 118 cm³/mol. The van der Waals surface area contributed by atoms with Crippen LogP contribution < -0.4 is 14.8 Å². The first-order valence-electron chi connectivity index (χ1n) is 10.0. The molecule has 4 rings (SSSR count). The Morgan fingerprint density at radius 2 is 2.00 bits per heavy atom. The fourth-order valence-corrected chi connectivity index (χ4v) is 5.10. The van der Waals surface area contributed by atoms with Crippen molar-refractivity contribution in [2.75, 3.05) is 32.6 Å². The molecular formula is C22H28N4O2S. The van der Waals surface area contributed by atoms with Crippen LogP contribution in [0.5, 0.6) is 11.5 Å². The Kier molecular flexibility index (Phi) is 5.87. The van der Waals surface area contributed by atoms with Gasteiger partial charge in [-0.2, -0.15) is 0 Å². The number of thiophene rings is 1. The zero-order valence-electron chi connectivity index (χ0n) is 17.5. The number of methoxy groups -OCH3 is 2. The first-order chi connectivity index (χ1) is 14.1. The molecule has 0 amide bonds. The molecule has 0 atom stereocenters. The van der Waals surface area contributed by atoms with Crippen molar-refractivity contribution in [3.05, 3.63) is 40.5 Å². The lowest BCUT2D eigenvalue weighted by Gasteiger charge is -2.30. The molecule has 154 valence electrons. The van der Waals surface area contributed by atoms with E-state index in [2.05, 4.69) is 40.1 Å². The minimum absolute atomic E-state index is 0.568. The Bertz CT molecular complexity index is 1000. The predicted octanol–water partition coefficient (Wildman–Crippen LogP) is 4.13. The maximum Gasteiger partial charge on any atom is 0.160 e. The maximum absolute atomic E-state index is 5.41. The zero-order chi connectivity index (χ0) is 20.4. The fraction of sp³-hybridized carbons (Fsp3) is 0.455. The lowest BCUT2D eigenvalue weighted by Crippen LogP contribution is -2.35. The van der Waals surface area contributed by atoms with E-state index in [1.807, 2.05) is 23.5 Å². The molecule has 7 heteroatoms. The van der Waals surface area contributed by atoms with Crippen LogP contribution in [0.15, 0.2) is 24.5 Å². The fourth-order valence-electron chi connectivity index (χ4n) is 3.88. The normalized spacial score (nSPS) is 14.2. The van der Waals surface area contributed by atoms with Gasteiger partial charge in [0.05, 0.1) is 19.6 Å². The number of nitrogens with zero attached hydrogens (tertiary/aromatic N) is 3. The highest BCUT2D eigenvalue weighted by Crippen LogP contribution is 2.37. The first kappa shape index (κ1) is 19.9. The molecule has 0 radical (unpaired) electrons. The van der Waals surface area contributed by atoms with Gasteiger partial charge < -0.3 is 14.8 Å². The molecule has 0 aliphatic carbocycles.